The minimum absolute atomic E-state index is 0.157. The maximum absolute atomic E-state index is 5.52. The van der Waals surface area contributed by atoms with Crippen molar-refractivity contribution in [2.24, 2.45) is 4.99 Å². The van der Waals surface area contributed by atoms with Crippen LogP contribution in [-0.4, -0.2) is 19.9 Å². The summed E-state index contributed by atoms with van der Waals surface area (Å²) in [6.07, 6.45) is 1.84. The summed E-state index contributed by atoms with van der Waals surface area (Å²) in [5.41, 5.74) is 3.38. The van der Waals surface area contributed by atoms with Gasteiger partial charge in [-0.25, -0.2) is 0 Å². The first-order valence-corrected chi connectivity index (χ1v) is 7.89. The fraction of sp³-hybridized carbons (Fsp3) is 0.350. The number of aliphatic imine (C=N–C) groups is 1. The van der Waals surface area contributed by atoms with Gasteiger partial charge in [-0.3, -0.25) is 4.99 Å². The van der Waals surface area contributed by atoms with E-state index in [4.69, 9.17) is 9.47 Å². The lowest BCUT2D eigenvalue weighted by atomic mass is 9.87. The van der Waals surface area contributed by atoms with Crippen molar-refractivity contribution in [3.8, 4) is 11.5 Å². The van der Waals surface area contributed by atoms with Crippen LogP contribution in [0.1, 0.15) is 38.8 Å². The molecule has 0 aliphatic carbocycles. The van der Waals surface area contributed by atoms with Crippen molar-refractivity contribution >= 4 is 11.9 Å². The fourth-order valence-corrected chi connectivity index (χ4v) is 2.24. The molecular formula is C20H25NO2. The molecule has 0 spiro atoms. The summed E-state index contributed by atoms with van der Waals surface area (Å²) in [7, 11) is 1.64. The monoisotopic (exact) mass is 311 g/mol. The number of nitrogens with zero attached hydrogens (tertiary/aromatic N) is 1. The Kier molecular flexibility index (Phi) is 5.43. The minimum atomic E-state index is 0.157. The van der Waals surface area contributed by atoms with Gasteiger partial charge in [0, 0.05) is 6.21 Å². The van der Waals surface area contributed by atoms with Crippen molar-refractivity contribution < 1.29 is 9.47 Å². The van der Waals surface area contributed by atoms with E-state index in [0.29, 0.717) is 6.61 Å². The van der Waals surface area contributed by atoms with Gasteiger partial charge in [-0.2, -0.15) is 0 Å². The first-order valence-electron chi connectivity index (χ1n) is 7.89. The second-order valence-corrected chi connectivity index (χ2v) is 6.40. The quantitative estimate of drug-likeness (QED) is 0.716. The Balaban J connectivity index is 2.16. The van der Waals surface area contributed by atoms with E-state index in [0.717, 1.165) is 22.7 Å². The maximum atomic E-state index is 5.52. The van der Waals surface area contributed by atoms with Crippen molar-refractivity contribution in [3.05, 3.63) is 53.6 Å². The van der Waals surface area contributed by atoms with Gasteiger partial charge in [0.15, 0.2) is 11.5 Å². The van der Waals surface area contributed by atoms with Crippen LogP contribution >= 0.6 is 0 Å². The minimum Gasteiger partial charge on any atom is -0.493 e. The zero-order valence-electron chi connectivity index (χ0n) is 14.6. The van der Waals surface area contributed by atoms with Gasteiger partial charge < -0.3 is 9.47 Å². The lowest BCUT2D eigenvalue weighted by molar-refractivity contribution is 0.311. The summed E-state index contributed by atoms with van der Waals surface area (Å²) >= 11 is 0. The highest BCUT2D eigenvalue weighted by Gasteiger charge is 2.12. The zero-order chi connectivity index (χ0) is 16.9. The van der Waals surface area contributed by atoms with Crippen LogP contribution in [0.15, 0.2) is 47.5 Å². The molecule has 2 rings (SSSR count). The SMILES string of the molecule is CCOc1ccc(C=Nc2ccc(C(C)(C)C)cc2)cc1OC. The fourth-order valence-electron chi connectivity index (χ4n) is 2.24. The average Bonchev–Trinajstić information content (AvgIpc) is 2.53. The first-order chi connectivity index (χ1) is 10.9. The van der Waals surface area contributed by atoms with Gasteiger partial charge in [0.05, 0.1) is 19.4 Å². The predicted octanol–water partition coefficient (Wildman–Crippen LogP) is 5.14. The van der Waals surface area contributed by atoms with E-state index in [2.05, 4.69) is 37.9 Å². The molecule has 0 saturated heterocycles. The Bertz CT molecular complexity index is 667. The molecule has 0 amide bonds. The molecule has 23 heavy (non-hydrogen) atoms. The number of hydrogen-bond donors (Lipinski definition) is 0. The van der Waals surface area contributed by atoms with E-state index in [-0.39, 0.29) is 5.41 Å². The summed E-state index contributed by atoms with van der Waals surface area (Å²) in [5.74, 6) is 1.47. The maximum Gasteiger partial charge on any atom is 0.161 e. The van der Waals surface area contributed by atoms with E-state index in [1.807, 2.05) is 43.5 Å². The third-order valence-corrected chi connectivity index (χ3v) is 3.58. The molecule has 0 radical (unpaired) electrons. The Morgan fingerprint density at radius 1 is 1.00 bits per heavy atom. The van der Waals surface area contributed by atoms with Crippen molar-refractivity contribution in [2.75, 3.05) is 13.7 Å². The molecule has 2 aromatic rings. The average molecular weight is 311 g/mol. The Morgan fingerprint density at radius 3 is 2.26 bits per heavy atom. The number of rotatable bonds is 5. The van der Waals surface area contributed by atoms with Crippen LogP contribution < -0.4 is 9.47 Å². The number of hydrogen-bond acceptors (Lipinski definition) is 3. The third kappa shape index (κ3) is 4.59. The molecule has 0 aliphatic rings. The van der Waals surface area contributed by atoms with Crippen LogP contribution in [-0.2, 0) is 5.41 Å². The summed E-state index contributed by atoms with van der Waals surface area (Å²) in [6.45, 7) is 9.19. The van der Waals surface area contributed by atoms with Crippen molar-refractivity contribution in [3.63, 3.8) is 0 Å². The Morgan fingerprint density at radius 2 is 1.70 bits per heavy atom. The number of methoxy groups -OCH3 is 1. The highest BCUT2D eigenvalue weighted by molar-refractivity contribution is 5.83. The van der Waals surface area contributed by atoms with Crippen molar-refractivity contribution in [1.29, 1.82) is 0 Å². The first kappa shape index (κ1) is 17.1. The second-order valence-electron chi connectivity index (χ2n) is 6.40. The third-order valence-electron chi connectivity index (χ3n) is 3.58. The van der Waals surface area contributed by atoms with E-state index in [1.165, 1.54) is 5.56 Å². The van der Waals surface area contributed by atoms with Gasteiger partial charge in [-0.1, -0.05) is 32.9 Å². The molecule has 0 atom stereocenters. The Labute approximate surface area is 139 Å². The largest absolute Gasteiger partial charge is 0.493 e. The highest BCUT2D eigenvalue weighted by atomic mass is 16.5. The lowest BCUT2D eigenvalue weighted by Crippen LogP contribution is -2.10. The second kappa shape index (κ2) is 7.32. The number of benzene rings is 2. The molecule has 0 aromatic heterocycles. The van der Waals surface area contributed by atoms with Crippen LogP contribution in [0.5, 0.6) is 11.5 Å². The van der Waals surface area contributed by atoms with Gasteiger partial charge >= 0.3 is 0 Å². The smallest absolute Gasteiger partial charge is 0.161 e. The van der Waals surface area contributed by atoms with Crippen molar-refractivity contribution in [2.45, 2.75) is 33.1 Å². The van der Waals surface area contributed by atoms with Crippen LogP contribution in [0.2, 0.25) is 0 Å². The molecule has 0 saturated carbocycles. The number of ether oxygens (including phenoxy) is 2. The summed E-state index contributed by atoms with van der Waals surface area (Å²) < 4.78 is 10.9. The molecule has 122 valence electrons. The molecule has 0 bridgehead atoms. The molecule has 0 aliphatic heterocycles. The molecule has 3 heteroatoms. The zero-order valence-corrected chi connectivity index (χ0v) is 14.6. The van der Waals surface area contributed by atoms with E-state index < -0.39 is 0 Å². The molecule has 0 heterocycles. The molecule has 0 N–H and O–H groups in total. The molecule has 2 aromatic carbocycles. The summed E-state index contributed by atoms with van der Waals surface area (Å²) in [5, 5.41) is 0. The molecule has 0 fully saturated rings. The Hall–Kier alpha value is -2.29. The van der Waals surface area contributed by atoms with E-state index in [1.54, 1.807) is 7.11 Å². The van der Waals surface area contributed by atoms with Gasteiger partial charge in [0.2, 0.25) is 0 Å². The topological polar surface area (TPSA) is 30.8 Å². The van der Waals surface area contributed by atoms with E-state index >= 15 is 0 Å². The van der Waals surface area contributed by atoms with Gasteiger partial charge in [-0.05, 0) is 53.8 Å². The van der Waals surface area contributed by atoms with Crippen molar-refractivity contribution in [1.82, 2.24) is 0 Å². The summed E-state index contributed by atoms with van der Waals surface area (Å²) in [6, 6.07) is 14.2. The normalized spacial score (nSPS) is 11.7. The molecular weight excluding hydrogens is 286 g/mol. The summed E-state index contributed by atoms with van der Waals surface area (Å²) in [4.78, 5) is 4.53. The molecule has 3 nitrogen and oxygen atoms in total. The predicted molar refractivity (Wildman–Crippen MR) is 96.6 cm³/mol. The molecule has 0 unspecified atom stereocenters. The highest BCUT2D eigenvalue weighted by Crippen LogP contribution is 2.28. The van der Waals surface area contributed by atoms with Crippen LogP contribution in [0, 0.1) is 0 Å². The van der Waals surface area contributed by atoms with Gasteiger partial charge in [0.25, 0.3) is 0 Å². The van der Waals surface area contributed by atoms with Crippen LogP contribution in [0.25, 0.3) is 0 Å². The standard InChI is InChI=1S/C20H25NO2/c1-6-23-18-12-7-15(13-19(18)22-5)14-21-17-10-8-16(9-11-17)20(2,3)4/h7-14H,6H2,1-5H3. The van der Waals surface area contributed by atoms with Crippen LogP contribution in [0.3, 0.4) is 0 Å². The van der Waals surface area contributed by atoms with Gasteiger partial charge in [-0.15, -0.1) is 0 Å². The lowest BCUT2D eigenvalue weighted by Gasteiger charge is -2.18. The van der Waals surface area contributed by atoms with Crippen LogP contribution in [0.4, 0.5) is 5.69 Å². The van der Waals surface area contributed by atoms with E-state index in [9.17, 15) is 0 Å². The van der Waals surface area contributed by atoms with Gasteiger partial charge in [0.1, 0.15) is 0 Å².